The molecule has 1 aromatic carbocycles. The second-order valence-electron chi connectivity index (χ2n) is 2.89. The summed E-state index contributed by atoms with van der Waals surface area (Å²) < 4.78 is 28.4. The molecule has 2 aromatic rings. The first kappa shape index (κ1) is 9.85. The lowest BCUT2D eigenvalue weighted by atomic mass is 10.2. The molecule has 1 aromatic heterocycles. The Morgan fingerprint density at radius 2 is 2.27 bits per heavy atom. The van der Waals surface area contributed by atoms with Gasteiger partial charge in [0.05, 0.1) is 18.5 Å². The topological polar surface area (TPSA) is 58.1 Å². The summed E-state index contributed by atoms with van der Waals surface area (Å²) in [6.45, 7) is -3.08. The molecule has 0 radical (unpaired) electrons. The Balaban J connectivity index is 2.53. The van der Waals surface area contributed by atoms with Gasteiger partial charge in [-0.25, -0.2) is 4.98 Å². The maximum Gasteiger partial charge on any atom is 0.387 e. The van der Waals surface area contributed by atoms with Crippen LogP contribution in [0.15, 0.2) is 18.5 Å². The van der Waals surface area contributed by atoms with Crippen LogP contribution in [0.1, 0.15) is 5.56 Å². The molecule has 0 amide bonds. The van der Waals surface area contributed by atoms with E-state index in [-0.39, 0.29) is 12.4 Å². The highest BCUT2D eigenvalue weighted by Gasteiger charge is 2.12. The summed E-state index contributed by atoms with van der Waals surface area (Å²) in [4.78, 5) is 6.60. The third kappa shape index (κ3) is 1.75. The zero-order chi connectivity index (χ0) is 10.8. The standard InChI is InChI=1S/C9H8F2N2O2/c10-9(11)15-6-2-1-5(3-14)7-8(6)13-4-12-7/h1-2,4,9,14H,3H2,(H,12,13). The zero-order valence-corrected chi connectivity index (χ0v) is 7.58. The molecule has 4 nitrogen and oxygen atoms in total. The summed E-state index contributed by atoms with van der Waals surface area (Å²) >= 11 is 0. The van der Waals surface area contributed by atoms with Crippen LogP contribution in [-0.2, 0) is 6.61 Å². The fourth-order valence-corrected chi connectivity index (χ4v) is 1.39. The second kappa shape index (κ2) is 3.82. The molecular weight excluding hydrogens is 206 g/mol. The van der Waals surface area contributed by atoms with Crippen molar-refractivity contribution in [1.29, 1.82) is 0 Å². The predicted octanol–water partition coefficient (Wildman–Crippen LogP) is 1.66. The fourth-order valence-electron chi connectivity index (χ4n) is 1.39. The minimum Gasteiger partial charge on any atom is -0.433 e. The molecule has 0 bridgehead atoms. The molecule has 0 aliphatic heterocycles. The molecule has 0 aliphatic rings. The van der Waals surface area contributed by atoms with Crippen molar-refractivity contribution in [3.63, 3.8) is 0 Å². The van der Waals surface area contributed by atoms with Crippen LogP contribution in [0.2, 0.25) is 0 Å². The van der Waals surface area contributed by atoms with Gasteiger partial charge in [0.2, 0.25) is 0 Å². The van der Waals surface area contributed by atoms with Crippen LogP contribution in [0.4, 0.5) is 8.78 Å². The molecule has 0 fully saturated rings. The van der Waals surface area contributed by atoms with Crippen LogP contribution in [0.3, 0.4) is 0 Å². The van der Waals surface area contributed by atoms with Gasteiger partial charge in [0.15, 0.2) is 5.75 Å². The van der Waals surface area contributed by atoms with Gasteiger partial charge in [0, 0.05) is 5.56 Å². The quantitative estimate of drug-likeness (QED) is 0.816. The minimum absolute atomic E-state index is 0.0229. The molecule has 0 atom stereocenters. The number of aliphatic hydroxyl groups excluding tert-OH is 1. The first-order valence-electron chi connectivity index (χ1n) is 4.23. The van der Waals surface area contributed by atoms with Crippen molar-refractivity contribution in [2.24, 2.45) is 0 Å². The van der Waals surface area contributed by atoms with E-state index in [4.69, 9.17) is 5.11 Å². The van der Waals surface area contributed by atoms with Crippen molar-refractivity contribution in [2.45, 2.75) is 13.2 Å². The number of imidazole rings is 1. The van der Waals surface area contributed by atoms with Crippen molar-refractivity contribution in [3.05, 3.63) is 24.0 Å². The van der Waals surface area contributed by atoms with Crippen molar-refractivity contribution in [2.75, 3.05) is 0 Å². The summed E-state index contributed by atoms with van der Waals surface area (Å²) in [6.07, 6.45) is 1.36. The van der Waals surface area contributed by atoms with E-state index in [0.29, 0.717) is 16.6 Å². The Morgan fingerprint density at radius 1 is 1.47 bits per heavy atom. The molecule has 0 unspecified atom stereocenters. The third-order valence-corrected chi connectivity index (χ3v) is 2.01. The second-order valence-corrected chi connectivity index (χ2v) is 2.89. The number of hydrogen-bond acceptors (Lipinski definition) is 3. The van der Waals surface area contributed by atoms with E-state index in [1.54, 1.807) is 0 Å². The smallest absolute Gasteiger partial charge is 0.387 e. The van der Waals surface area contributed by atoms with E-state index in [2.05, 4.69) is 14.7 Å². The highest BCUT2D eigenvalue weighted by Crippen LogP contribution is 2.26. The summed E-state index contributed by atoms with van der Waals surface area (Å²) in [5.41, 5.74) is 1.37. The molecule has 6 heteroatoms. The molecule has 0 aliphatic carbocycles. The number of ether oxygens (including phenoxy) is 1. The van der Waals surface area contributed by atoms with Crippen LogP contribution in [0.5, 0.6) is 5.75 Å². The minimum atomic E-state index is -2.88. The Bertz CT molecular complexity index is 470. The number of hydrogen-bond donors (Lipinski definition) is 2. The first-order chi connectivity index (χ1) is 7.22. The Morgan fingerprint density at radius 3 is 2.93 bits per heavy atom. The summed E-state index contributed by atoms with van der Waals surface area (Å²) in [5, 5.41) is 8.98. The van der Waals surface area contributed by atoms with Crippen LogP contribution < -0.4 is 4.74 Å². The lowest BCUT2D eigenvalue weighted by Crippen LogP contribution is -2.02. The van der Waals surface area contributed by atoms with Gasteiger partial charge in [-0.1, -0.05) is 6.07 Å². The van der Waals surface area contributed by atoms with Crippen molar-refractivity contribution in [1.82, 2.24) is 9.97 Å². The molecule has 0 spiro atoms. The maximum atomic E-state index is 12.0. The van der Waals surface area contributed by atoms with Gasteiger partial charge < -0.3 is 14.8 Å². The Kier molecular flexibility index (Phi) is 2.51. The molecule has 2 rings (SSSR count). The number of aromatic amines is 1. The molecule has 1 heterocycles. The van der Waals surface area contributed by atoms with Crippen molar-refractivity contribution < 1.29 is 18.6 Å². The highest BCUT2D eigenvalue weighted by molar-refractivity contribution is 5.84. The van der Waals surface area contributed by atoms with Gasteiger partial charge in [0.1, 0.15) is 5.52 Å². The maximum absolute atomic E-state index is 12.0. The monoisotopic (exact) mass is 214 g/mol. The van der Waals surface area contributed by atoms with Gasteiger partial charge in [-0.3, -0.25) is 0 Å². The number of aliphatic hydroxyl groups is 1. The molecule has 0 saturated carbocycles. The molecule has 15 heavy (non-hydrogen) atoms. The summed E-state index contributed by atoms with van der Waals surface area (Å²) in [6, 6.07) is 2.87. The summed E-state index contributed by atoms with van der Waals surface area (Å²) in [7, 11) is 0. The van der Waals surface area contributed by atoms with Crippen LogP contribution in [0.25, 0.3) is 11.0 Å². The molecule has 2 N–H and O–H groups in total. The van der Waals surface area contributed by atoms with E-state index in [1.165, 1.54) is 18.5 Å². The zero-order valence-electron chi connectivity index (χ0n) is 7.58. The van der Waals surface area contributed by atoms with E-state index >= 15 is 0 Å². The van der Waals surface area contributed by atoms with Crippen LogP contribution in [0, 0.1) is 0 Å². The summed E-state index contributed by atoms with van der Waals surface area (Å²) in [5.74, 6) is 0.0229. The van der Waals surface area contributed by atoms with E-state index in [0.717, 1.165) is 0 Å². The Hall–Kier alpha value is -1.69. The van der Waals surface area contributed by atoms with Crippen molar-refractivity contribution in [3.8, 4) is 5.75 Å². The van der Waals surface area contributed by atoms with Crippen molar-refractivity contribution >= 4 is 11.0 Å². The van der Waals surface area contributed by atoms with Crippen LogP contribution in [-0.4, -0.2) is 21.7 Å². The SMILES string of the molecule is OCc1ccc(OC(F)F)c2[nH]cnc12. The fraction of sp³-hybridized carbons (Fsp3) is 0.222. The number of nitrogens with one attached hydrogen (secondary N) is 1. The average molecular weight is 214 g/mol. The predicted molar refractivity (Wildman–Crippen MR) is 48.6 cm³/mol. The number of fused-ring (bicyclic) bond motifs is 1. The van der Waals surface area contributed by atoms with E-state index in [9.17, 15) is 8.78 Å². The average Bonchev–Trinajstić information content (AvgIpc) is 2.66. The van der Waals surface area contributed by atoms with Gasteiger partial charge in [0.25, 0.3) is 0 Å². The number of nitrogens with zero attached hydrogens (tertiary/aromatic N) is 1. The van der Waals surface area contributed by atoms with Crippen LogP contribution >= 0.6 is 0 Å². The number of alkyl halides is 2. The van der Waals surface area contributed by atoms with E-state index in [1.807, 2.05) is 0 Å². The van der Waals surface area contributed by atoms with Gasteiger partial charge in [-0.2, -0.15) is 8.78 Å². The van der Waals surface area contributed by atoms with E-state index < -0.39 is 6.61 Å². The Labute approximate surface area is 83.5 Å². The number of benzene rings is 1. The normalized spacial score (nSPS) is 11.2. The molecule has 80 valence electrons. The molecule has 0 saturated heterocycles. The number of rotatable bonds is 3. The van der Waals surface area contributed by atoms with Gasteiger partial charge in [-0.05, 0) is 6.07 Å². The van der Waals surface area contributed by atoms with Gasteiger partial charge in [-0.15, -0.1) is 0 Å². The lowest BCUT2D eigenvalue weighted by Gasteiger charge is -2.06. The lowest BCUT2D eigenvalue weighted by molar-refractivity contribution is -0.0489. The largest absolute Gasteiger partial charge is 0.433 e. The first-order valence-corrected chi connectivity index (χ1v) is 4.23. The number of H-pyrrole nitrogens is 1. The number of aromatic nitrogens is 2. The molecular formula is C9H8F2N2O2. The number of halogens is 2. The highest BCUT2D eigenvalue weighted by atomic mass is 19.3. The van der Waals surface area contributed by atoms with Gasteiger partial charge >= 0.3 is 6.61 Å². The third-order valence-electron chi connectivity index (χ3n) is 2.01.